The number of aromatic amines is 1. The van der Waals surface area contributed by atoms with Crippen LogP contribution in [0.15, 0.2) is 39.5 Å². The number of rotatable bonds is 3. The second-order valence-corrected chi connectivity index (χ2v) is 7.21. The van der Waals surface area contributed by atoms with Crippen molar-refractivity contribution in [2.75, 3.05) is 12.8 Å². The maximum Gasteiger partial charge on any atom is 0.270 e. The van der Waals surface area contributed by atoms with E-state index in [0.29, 0.717) is 17.9 Å². The third-order valence-electron chi connectivity index (χ3n) is 3.31. The number of anilines is 1. The van der Waals surface area contributed by atoms with Crippen LogP contribution >= 0.6 is 27.3 Å². The number of aromatic nitrogens is 1. The number of nitrogens with one attached hydrogen (secondary N) is 1. The highest BCUT2D eigenvalue weighted by Crippen LogP contribution is 2.24. The second kappa shape index (κ2) is 5.54. The molecule has 2 heterocycles. The molecule has 0 unspecified atom stereocenters. The average Bonchev–Trinajstić information content (AvgIpc) is 3.05. The van der Waals surface area contributed by atoms with Gasteiger partial charge >= 0.3 is 0 Å². The van der Waals surface area contributed by atoms with Gasteiger partial charge in [0.2, 0.25) is 0 Å². The standard InChI is InChI=1S/C15H14BrN3OS/c1-19(7-9-5-13(16)21-8-9)15(20)12-6-10-3-2-4-11(17)14(10)18-12/h2-6,8,18H,7,17H2,1H3. The average molecular weight is 364 g/mol. The molecule has 0 aliphatic rings. The molecule has 21 heavy (non-hydrogen) atoms. The minimum absolute atomic E-state index is 0.0482. The highest BCUT2D eigenvalue weighted by molar-refractivity contribution is 9.11. The molecule has 0 radical (unpaired) electrons. The number of halogens is 1. The number of amides is 1. The van der Waals surface area contributed by atoms with Crippen molar-refractivity contribution in [1.29, 1.82) is 0 Å². The molecule has 108 valence electrons. The molecular weight excluding hydrogens is 350 g/mol. The number of fused-ring (bicyclic) bond motifs is 1. The number of carbonyl (C=O) groups is 1. The van der Waals surface area contributed by atoms with E-state index in [9.17, 15) is 4.79 Å². The molecule has 3 N–H and O–H groups in total. The van der Waals surface area contributed by atoms with Crippen LogP contribution in [0.3, 0.4) is 0 Å². The van der Waals surface area contributed by atoms with Gasteiger partial charge < -0.3 is 15.6 Å². The third-order valence-corrected chi connectivity index (χ3v) is 4.86. The fourth-order valence-electron chi connectivity index (χ4n) is 2.27. The highest BCUT2D eigenvalue weighted by Gasteiger charge is 2.15. The lowest BCUT2D eigenvalue weighted by atomic mass is 10.2. The second-order valence-electron chi connectivity index (χ2n) is 4.91. The number of para-hydroxylation sites is 1. The molecule has 6 heteroatoms. The van der Waals surface area contributed by atoms with E-state index < -0.39 is 0 Å². The van der Waals surface area contributed by atoms with Crippen molar-refractivity contribution in [1.82, 2.24) is 9.88 Å². The fourth-order valence-corrected chi connectivity index (χ4v) is 3.48. The molecule has 3 aromatic rings. The number of hydrogen-bond acceptors (Lipinski definition) is 3. The summed E-state index contributed by atoms with van der Waals surface area (Å²) in [7, 11) is 1.79. The number of benzene rings is 1. The Balaban J connectivity index is 1.84. The molecule has 0 saturated heterocycles. The van der Waals surface area contributed by atoms with Gasteiger partial charge in [-0.25, -0.2) is 0 Å². The monoisotopic (exact) mass is 363 g/mol. The first-order chi connectivity index (χ1) is 10.0. The van der Waals surface area contributed by atoms with Crippen LogP contribution in [0.4, 0.5) is 5.69 Å². The van der Waals surface area contributed by atoms with E-state index in [1.165, 1.54) is 0 Å². The Hall–Kier alpha value is -1.79. The normalized spacial score (nSPS) is 11.0. The Morgan fingerprint density at radius 3 is 2.90 bits per heavy atom. The Morgan fingerprint density at radius 2 is 2.24 bits per heavy atom. The van der Waals surface area contributed by atoms with Crippen LogP contribution in [0.2, 0.25) is 0 Å². The van der Waals surface area contributed by atoms with E-state index in [0.717, 1.165) is 20.3 Å². The molecule has 1 aromatic carbocycles. The van der Waals surface area contributed by atoms with Crippen LogP contribution in [0.1, 0.15) is 16.1 Å². The Morgan fingerprint density at radius 1 is 1.43 bits per heavy atom. The van der Waals surface area contributed by atoms with Gasteiger partial charge in [0.1, 0.15) is 5.69 Å². The summed E-state index contributed by atoms with van der Waals surface area (Å²) in [6, 6.07) is 9.51. The summed E-state index contributed by atoms with van der Waals surface area (Å²) in [6.07, 6.45) is 0. The van der Waals surface area contributed by atoms with E-state index >= 15 is 0 Å². The van der Waals surface area contributed by atoms with E-state index in [2.05, 4.69) is 20.9 Å². The number of thiophene rings is 1. The quantitative estimate of drug-likeness (QED) is 0.694. The lowest BCUT2D eigenvalue weighted by molar-refractivity contribution is 0.0780. The van der Waals surface area contributed by atoms with Gasteiger partial charge in [-0.05, 0) is 45.1 Å². The van der Waals surface area contributed by atoms with Crippen molar-refractivity contribution >= 4 is 49.8 Å². The summed E-state index contributed by atoms with van der Waals surface area (Å²) in [4.78, 5) is 17.3. The fraction of sp³-hybridized carbons (Fsp3) is 0.133. The molecule has 4 nitrogen and oxygen atoms in total. The summed E-state index contributed by atoms with van der Waals surface area (Å²) in [5.74, 6) is -0.0482. The molecule has 0 aliphatic carbocycles. The molecule has 0 atom stereocenters. The maximum atomic E-state index is 12.5. The van der Waals surface area contributed by atoms with Gasteiger partial charge in [0.05, 0.1) is 15.0 Å². The van der Waals surface area contributed by atoms with Gasteiger partial charge in [-0.15, -0.1) is 11.3 Å². The molecule has 0 saturated carbocycles. The minimum atomic E-state index is -0.0482. The number of nitrogen functional groups attached to an aromatic ring is 1. The SMILES string of the molecule is CN(Cc1csc(Br)c1)C(=O)c1cc2cccc(N)c2[nH]1. The van der Waals surface area contributed by atoms with E-state index in [1.807, 2.05) is 35.7 Å². The zero-order valence-corrected chi connectivity index (χ0v) is 13.8. The first-order valence-electron chi connectivity index (χ1n) is 6.40. The van der Waals surface area contributed by atoms with Crippen molar-refractivity contribution < 1.29 is 4.79 Å². The van der Waals surface area contributed by atoms with Crippen molar-refractivity contribution in [2.24, 2.45) is 0 Å². The predicted octanol–water partition coefficient (Wildman–Crippen LogP) is 3.85. The number of hydrogen-bond donors (Lipinski definition) is 2. The van der Waals surface area contributed by atoms with Crippen LogP contribution in [-0.2, 0) is 6.54 Å². The topological polar surface area (TPSA) is 62.1 Å². The largest absolute Gasteiger partial charge is 0.397 e. The van der Waals surface area contributed by atoms with Crippen molar-refractivity contribution in [3.05, 3.63) is 50.8 Å². The van der Waals surface area contributed by atoms with Crippen molar-refractivity contribution in [3.63, 3.8) is 0 Å². The molecule has 0 fully saturated rings. The number of H-pyrrole nitrogens is 1. The van der Waals surface area contributed by atoms with Crippen LogP contribution in [0, 0.1) is 0 Å². The van der Waals surface area contributed by atoms with Gasteiger partial charge in [0, 0.05) is 19.0 Å². The minimum Gasteiger partial charge on any atom is -0.397 e. The van der Waals surface area contributed by atoms with Gasteiger partial charge in [0.25, 0.3) is 5.91 Å². The molecule has 0 aliphatic heterocycles. The van der Waals surface area contributed by atoms with Crippen LogP contribution in [0.5, 0.6) is 0 Å². The summed E-state index contributed by atoms with van der Waals surface area (Å²) in [6.45, 7) is 0.575. The zero-order chi connectivity index (χ0) is 15.0. The van der Waals surface area contributed by atoms with Gasteiger partial charge in [-0.2, -0.15) is 0 Å². The first kappa shape index (κ1) is 14.2. The van der Waals surface area contributed by atoms with Crippen LogP contribution in [-0.4, -0.2) is 22.8 Å². The van der Waals surface area contributed by atoms with E-state index in [4.69, 9.17) is 5.73 Å². The molecule has 0 spiro atoms. The van der Waals surface area contributed by atoms with Crippen molar-refractivity contribution in [2.45, 2.75) is 6.54 Å². The Kier molecular flexibility index (Phi) is 3.73. The Labute approximate surface area is 134 Å². The zero-order valence-electron chi connectivity index (χ0n) is 11.4. The number of nitrogens with zero attached hydrogens (tertiary/aromatic N) is 1. The molecular formula is C15H14BrN3OS. The summed E-state index contributed by atoms with van der Waals surface area (Å²) in [5, 5.41) is 2.99. The van der Waals surface area contributed by atoms with Crippen LogP contribution < -0.4 is 5.73 Å². The number of carbonyl (C=O) groups excluding carboxylic acids is 1. The van der Waals surface area contributed by atoms with E-state index in [-0.39, 0.29) is 5.91 Å². The lowest BCUT2D eigenvalue weighted by Gasteiger charge is -2.15. The van der Waals surface area contributed by atoms with Crippen molar-refractivity contribution in [3.8, 4) is 0 Å². The molecule has 1 amide bonds. The van der Waals surface area contributed by atoms with Gasteiger partial charge in [0.15, 0.2) is 0 Å². The van der Waals surface area contributed by atoms with E-state index in [1.54, 1.807) is 23.3 Å². The number of nitrogens with two attached hydrogens (primary N) is 1. The van der Waals surface area contributed by atoms with Crippen LogP contribution in [0.25, 0.3) is 10.9 Å². The summed E-state index contributed by atoms with van der Waals surface area (Å²) >= 11 is 5.04. The predicted molar refractivity (Wildman–Crippen MR) is 90.5 cm³/mol. The Bertz CT molecular complexity index is 808. The molecule has 2 aromatic heterocycles. The molecule has 0 bridgehead atoms. The first-order valence-corrected chi connectivity index (χ1v) is 8.07. The third kappa shape index (κ3) is 2.82. The summed E-state index contributed by atoms with van der Waals surface area (Å²) in [5.41, 5.74) is 9.04. The highest BCUT2D eigenvalue weighted by atomic mass is 79.9. The van der Waals surface area contributed by atoms with Gasteiger partial charge in [-0.1, -0.05) is 12.1 Å². The smallest absolute Gasteiger partial charge is 0.270 e. The van der Waals surface area contributed by atoms with Gasteiger partial charge in [-0.3, -0.25) is 4.79 Å². The molecule has 3 rings (SSSR count). The summed E-state index contributed by atoms with van der Waals surface area (Å²) < 4.78 is 1.07. The maximum absolute atomic E-state index is 12.5. The lowest BCUT2D eigenvalue weighted by Crippen LogP contribution is -2.26.